The van der Waals surface area contributed by atoms with Crippen molar-refractivity contribution in [3.63, 3.8) is 0 Å². The molecule has 0 radical (unpaired) electrons. The summed E-state index contributed by atoms with van der Waals surface area (Å²) in [5.41, 5.74) is 1.30. The van der Waals surface area contributed by atoms with Crippen LogP contribution in [-0.2, 0) is 16.1 Å². The van der Waals surface area contributed by atoms with Crippen molar-refractivity contribution in [2.45, 2.75) is 6.54 Å². The summed E-state index contributed by atoms with van der Waals surface area (Å²) in [6.45, 7) is 0.704. The fourth-order valence-electron chi connectivity index (χ4n) is 2.02. The van der Waals surface area contributed by atoms with Crippen LogP contribution in [0.4, 0.5) is 0 Å². The quantitative estimate of drug-likeness (QED) is 0.774. The number of nitrogens with zero attached hydrogens (tertiary/aromatic N) is 2. The molecule has 0 aromatic heterocycles. The van der Waals surface area contributed by atoms with Crippen LogP contribution in [0.3, 0.4) is 0 Å². The molecule has 6 heteroatoms. The van der Waals surface area contributed by atoms with E-state index >= 15 is 0 Å². The maximum Gasteiger partial charge on any atom is 0.240 e. The van der Waals surface area contributed by atoms with Gasteiger partial charge in [0.25, 0.3) is 0 Å². The summed E-state index contributed by atoms with van der Waals surface area (Å²) in [7, 11) is 1.54. The van der Waals surface area contributed by atoms with Gasteiger partial charge in [-0.25, -0.2) is 0 Å². The van der Waals surface area contributed by atoms with Crippen LogP contribution in [0.15, 0.2) is 18.2 Å². The Labute approximate surface area is 110 Å². The van der Waals surface area contributed by atoms with E-state index in [1.54, 1.807) is 30.2 Å². The molecule has 6 nitrogen and oxygen atoms in total. The molecule has 0 saturated carbocycles. The van der Waals surface area contributed by atoms with Gasteiger partial charge in [-0.15, -0.1) is 0 Å². The topological polar surface area (TPSA) is 82.4 Å². The molecule has 1 aromatic carbocycles. The van der Waals surface area contributed by atoms with Crippen LogP contribution in [0.25, 0.3) is 0 Å². The fraction of sp³-hybridized carbons (Fsp3) is 0.308. The maximum atomic E-state index is 11.3. The van der Waals surface area contributed by atoms with Crippen molar-refractivity contribution in [3.05, 3.63) is 29.3 Å². The number of amides is 2. The molecule has 0 bridgehead atoms. The van der Waals surface area contributed by atoms with Crippen LogP contribution in [0.5, 0.6) is 5.75 Å². The van der Waals surface area contributed by atoms with Crippen molar-refractivity contribution in [3.8, 4) is 11.8 Å². The zero-order chi connectivity index (χ0) is 13.8. The van der Waals surface area contributed by atoms with Crippen LogP contribution in [0.1, 0.15) is 11.1 Å². The van der Waals surface area contributed by atoms with Gasteiger partial charge < -0.3 is 4.74 Å². The van der Waals surface area contributed by atoms with Crippen LogP contribution in [0, 0.1) is 11.3 Å². The van der Waals surface area contributed by atoms with E-state index in [2.05, 4.69) is 11.4 Å². The zero-order valence-electron chi connectivity index (χ0n) is 10.5. The first-order valence-electron chi connectivity index (χ1n) is 5.74. The zero-order valence-corrected chi connectivity index (χ0v) is 10.5. The minimum atomic E-state index is -0.313. The average Bonchev–Trinajstić information content (AvgIpc) is 2.37. The highest BCUT2D eigenvalue weighted by molar-refractivity contribution is 5.99. The van der Waals surface area contributed by atoms with E-state index in [1.165, 1.54) is 0 Å². The van der Waals surface area contributed by atoms with Gasteiger partial charge in [-0.1, -0.05) is 0 Å². The van der Waals surface area contributed by atoms with Gasteiger partial charge in [-0.3, -0.25) is 19.8 Å². The molecular formula is C13H13N3O3. The van der Waals surface area contributed by atoms with E-state index in [4.69, 9.17) is 10.00 Å². The molecule has 1 saturated heterocycles. The lowest BCUT2D eigenvalue weighted by Gasteiger charge is -2.25. The Balaban J connectivity index is 2.20. The van der Waals surface area contributed by atoms with Gasteiger partial charge in [-0.05, 0) is 18.2 Å². The summed E-state index contributed by atoms with van der Waals surface area (Å²) >= 11 is 0. The summed E-state index contributed by atoms with van der Waals surface area (Å²) in [6, 6.07) is 7.13. The third-order valence-corrected chi connectivity index (χ3v) is 2.82. The molecule has 1 heterocycles. The lowest BCUT2D eigenvalue weighted by Crippen LogP contribution is -2.50. The Kier molecular flexibility index (Phi) is 3.78. The van der Waals surface area contributed by atoms with Gasteiger partial charge in [0.1, 0.15) is 5.75 Å². The Morgan fingerprint density at radius 3 is 2.63 bits per heavy atom. The molecule has 0 atom stereocenters. The lowest BCUT2D eigenvalue weighted by atomic mass is 10.1. The van der Waals surface area contributed by atoms with Crippen molar-refractivity contribution in [1.29, 1.82) is 5.26 Å². The summed E-state index contributed by atoms with van der Waals surface area (Å²) in [5.74, 6) is 0.00994. The van der Waals surface area contributed by atoms with E-state index in [9.17, 15) is 9.59 Å². The van der Waals surface area contributed by atoms with E-state index < -0.39 is 0 Å². The van der Waals surface area contributed by atoms with E-state index in [0.29, 0.717) is 17.9 Å². The SMILES string of the molecule is COc1ccc(C#N)cc1CN1CC(=O)NC(=O)C1. The Morgan fingerprint density at radius 2 is 2.05 bits per heavy atom. The molecule has 1 aromatic rings. The monoisotopic (exact) mass is 259 g/mol. The summed E-state index contributed by atoms with van der Waals surface area (Å²) in [5, 5.41) is 11.1. The van der Waals surface area contributed by atoms with Crippen LogP contribution in [0.2, 0.25) is 0 Å². The van der Waals surface area contributed by atoms with Gasteiger partial charge in [0.05, 0.1) is 31.8 Å². The molecular weight excluding hydrogens is 246 g/mol. The van der Waals surface area contributed by atoms with Gasteiger partial charge in [0.15, 0.2) is 0 Å². The van der Waals surface area contributed by atoms with Crippen LogP contribution in [-0.4, -0.2) is 36.9 Å². The highest BCUT2D eigenvalue weighted by Crippen LogP contribution is 2.21. The molecule has 2 rings (SSSR count). The van der Waals surface area contributed by atoms with Gasteiger partial charge in [0, 0.05) is 12.1 Å². The molecule has 1 aliphatic heterocycles. The predicted octanol–water partition coefficient (Wildman–Crippen LogP) is 0.0253. The summed E-state index contributed by atoms with van der Waals surface area (Å²) in [6.07, 6.45) is 0. The Bertz CT molecular complexity index is 547. The summed E-state index contributed by atoms with van der Waals surface area (Å²) in [4.78, 5) is 24.3. The molecule has 19 heavy (non-hydrogen) atoms. The third-order valence-electron chi connectivity index (χ3n) is 2.82. The minimum absolute atomic E-state index is 0.158. The molecule has 98 valence electrons. The van der Waals surface area contributed by atoms with Crippen molar-refractivity contribution in [2.24, 2.45) is 0 Å². The van der Waals surface area contributed by atoms with E-state index in [0.717, 1.165) is 5.56 Å². The number of benzene rings is 1. The fourth-order valence-corrected chi connectivity index (χ4v) is 2.02. The number of carbonyl (C=O) groups excluding carboxylic acids is 2. The first-order chi connectivity index (χ1) is 9.12. The van der Waals surface area contributed by atoms with Crippen LogP contribution < -0.4 is 10.1 Å². The molecule has 0 spiro atoms. The maximum absolute atomic E-state index is 11.3. The number of nitriles is 1. The first-order valence-corrected chi connectivity index (χ1v) is 5.74. The second kappa shape index (κ2) is 5.50. The van der Waals surface area contributed by atoms with Crippen molar-refractivity contribution >= 4 is 11.8 Å². The molecule has 0 aliphatic carbocycles. The number of hydrogen-bond acceptors (Lipinski definition) is 5. The second-order valence-electron chi connectivity index (χ2n) is 4.25. The van der Waals surface area contributed by atoms with Crippen molar-refractivity contribution in [1.82, 2.24) is 10.2 Å². The first kappa shape index (κ1) is 13.1. The summed E-state index contributed by atoms with van der Waals surface area (Å²) < 4.78 is 5.22. The Morgan fingerprint density at radius 1 is 1.37 bits per heavy atom. The number of methoxy groups -OCH3 is 1. The number of carbonyl (C=O) groups is 2. The average molecular weight is 259 g/mol. The second-order valence-corrected chi connectivity index (χ2v) is 4.25. The molecule has 1 aliphatic rings. The smallest absolute Gasteiger partial charge is 0.240 e. The van der Waals surface area contributed by atoms with Crippen molar-refractivity contribution in [2.75, 3.05) is 20.2 Å². The molecule has 2 amide bonds. The minimum Gasteiger partial charge on any atom is -0.496 e. The van der Waals surface area contributed by atoms with Gasteiger partial charge >= 0.3 is 0 Å². The van der Waals surface area contributed by atoms with E-state index in [-0.39, 0.29) is 24.9 Å². The van der Waals surface area contributed by atoms with Gasteiger partial charge in [0.2, 0.25) is 11.8 Å². The third kappa shape index (κ3) is 3.09. The molecule has 1 fully saturated rings. The number of rotatable bonds is 3. The van der Waals surface area contributed by atoms with E-state index in [1.807, 2.05) is 0 Å². The number of nitrogens with one attached hydrogen (secondary N) is 1. The standard InChI is InChI=1S/C13H13N3O3/c1-19-11-3-2-9(5-14)4-10(11)6-16-7-12(17)15-13(18)8-16/h2-4H,6-8H2,1H3,(H,15,17,18). The lowest BCUT2D eigenvalue weighted by molar-refractivity contribution is -0.136. The van der Waals surface area contributed by atoms with Crippen LogP contribution >= 0.6 is 0 Å². The number of piperazine rings is 1. The normalized spacial score (nSPS) is 15.8. The van der Waals surface area contributed by atoms with Crippen molar-refractivity contribution < 1.29 is 14.3 Å². The Hall–Kier alpha value is -2.39. The molecule has 1 N–H and O–H groups in total. The highest BCUT2D eigenvalue weighted by Gasteiger charge is 2.23. The highest BCUT2D eigenvalue weighted by atomic mass is 16.5. The number of imide groups is 1. The largest absolute Gasteiger partial charge is 0.496 e. The predicted molar refractivity (Wildman–Crippen MR) is 66.1 cm³/mol. The molecule has 0 unspecified atom stereocenters. The number of hydrogen-bond donors (Lipinski definition) is 1. The number of ether oxygens (including phenoxy) is 1. The van der Waals surface area contributed by atoms with Gasteiger partial charge in [-0.2, -0.15) is 5.26 Å².